The Bertz CT molecular complexity index is 227. The van der Waals surface area contributed by atoms with E-state index in [1.807, 2.05) is 0 Å². The lowest BCUT2D eigenvalue weighted by molar-refractivity contribution is 0.0506. The Hall–Kier alpha value is -0.770. The molecule has 1 saturated heterocycles. The molecule has 4 heteroatoms. The van der Waals surface area contributed by atoms with Crippen LogP contribution in [-0.2, 0) is 4.74 Å². The lowest BCUT2D eigenvalue weighted by Crippen LogP contribution is -2.35. The molecule has 2 aliphatic rings. The second-order valence-corrected chi connectivity index (χ2v) is 4.64. The number of carbonyl (C=O) groups is 1. The van der Waals surface area contributed by atoms with E-state index in [1.165, 1.54) is 19.3 Å². The van der Waals surface area contributed by atoms with Crippen LogP contribution < -0.4 is 5.73 Å². The number of hydrogen-bond donors (Lipinski definition) is 1. The molecule has 0 unspecified atom stereocenters. The fourth-order valence-electron chi connectivity index (χ4n) is 2.35. The van der Waals surface area contributed by atoms with Crippen LogP contribution in [0.25, 0.3) is 0 Å². The number of ether oxygens (including phenoxy) is 1. The average molecular weight is 212 g/mol. The molecule has 1 aliphatic carbocycles. The number of nitrogens with two attached hydrogens (primary N) is 1. The Balaban J connectivity index is 1.76. The van der Waals surface area contributed by atoms with Crippen molar-refractivity contribution in [1.82, 2.24) is 4.90 Å². The highest BCUT2D eigenvalue weighted by Gasteiger charge is 2.27. The molecule has 86 valence electrons. The zero-order valence-electron chi connectivity index (χ0n) is 9.15. The summed E-state index contributed by atoms with van der Waals surface area (Å²) in [6.07, 6.45) is 6.63. The van der Waals surface area contributed by atoms with Gasteiger partial charge in [-0.2, -0.15) is 0 Å². The predicted octanol–water partition coefficient (Wildman–Crippen LogP) is 1.49. The molecule has 2 N–H and O–H groups in total. The summed E-state index contributed by atoms with van der Waals surface area (Å²) < 4.78 is 5.46. The summed E-state index contributed by atoms with van der Waals surface area (Å²) in [6.45, 7) is 1.41. The predicted molar refractivity (Wildman–Crippen MR) is 57.5 cm³/mol. The van der Waals surface area contributed by atoms with Gasteiger partial charge in [0.25, 0.3) is 0 Å². The van der Waals surface area contributed by atoms with E-state index in [9.17, 15) is 4.79 Å². The summed E-state index contributed by atoms with van der Waals surface area (Å²) in [4.78, 5) is 13.4. The van der Waals surface area contributed by atoms with Gasteiger partial charge in [0.05, 0.1) is 0 Å². The first-order valence-corrected chi connectivity index (χ1v) is 5.97. The molecular weight excluding hydrogens is 192 g/mol. The van der Waals surface area contributed by atoms with Crippen LogP contribution in [-0.4, -0.2) is 36.2 Å². The molecule has 0 aromatic rings. The van der Waals surface area contributed by atoms with Crippen LogP contribution in [0.2, 0.25) is 0 Å². The van der Waals surface area contributed by atoms with Gasteiger partial charge in [0.15, 0.2) is 0 Å². The zero-order chi connectivity index (χ0) is 10.7. The van der Waals surface area contributed by atoms with E-state index in [4.69, 9.17) is 10.5 Å². The van der Waals surface area contributed by atoms with Gasteiger partial charge in [0, 0.05) is 19.1 Å². The number of hydrogen-bond acceptors (Lipinski definition) is 3. The van der Waals surface area contributed by atoms with Gasteiger partial charge in [-0.25, -0.2) is 4.79 Å². The van der Waals surface area contributed by atoms with E-state index >= 15 is 0 Å². The van der Waals surface area contributed by atoms with Crippen LogP contribution in [0.1, 0.15) is 38.5 Å². The maximum atomic E-state index is 11.7. The molecule has 1 atom stereocenters. The van der Waals surface area contributed by atoms with Crippen molar-refractivity contribution in [3.8, 4) is 0 Å². The molecule has 0 aromatic heterocycles. The highest BCUT2D eigenvalue weighted by molar-refractivity contribution is 5.68. The molecule has 1 heterocycles. The van der Waals surface area contributed by atoms with Gasteiger partial charge < -0.3 is 15.4 Å². The molecule has 1 saturated carbocycles. The molecular formula is C11H20N2O2. The first-order chi connectivity index (χ1) is 7.25. The van der Waals surface area contributed by atoms with Crippen molar-refractivity contribution in [2.75, 3.05) is 13.1 Å². The lowest BCUT2D eigenvalue weighted by atomic mass is 9.98. The van der Waals surface area contributed by atoms with Crippen molar-refractivity contribution >= 4 is 6.09 Å². The van der Waals surface area contributed by atoms with Gasteiger partial charge in [-0.15, -0.1) is 0 Å². The molecule has 15 heavy (non-hydrogen) atoms. The molecule has 4 nitrogen and oxygen atoms in total. The summed E-state index contributed by atoms with van der Waals surface area (Å²) in [7, 11) is 0. The van der Waals surface area contributed by atoms with Crippen molar-refractivity contribution in [3.63, 3.8) is 0 Å². The lowest BCUT2D eigenvalue weighted by Gasteiger charge is -2.24. The fourth-order valence-corrected chi connectivity index (χ4v) is 2.35. The fraction of sp³-hybridized carbons (Fsp3) is 0.909. The molecule has 0 bridgehead atoms. The number of likely N-dealkylation sites (tertiary alicyclic amines) is 1. The molecule has 2 rings (SSSR count). The maximum Gasteiger partial charge on any atom is 0.410 e. The van der Waals surface area contributed by atoms with E-state index in [2.05, 4.69) is 0 Å². The van der Waals surface area contributed by atoms with Crippen LogP contribution in [0.5, 0.6) is 0 Å². The highest BCUT2D eigenvalue weighted by Crippen LogP contribution is 2.21. The largest absolute Gasteiger partial charge is 0.446 e. The van der Waals surface area contributed by atoms with Crippen molar-refractivity contribution in [2.45, 2.75) is 50.7 Å². The molecule has 0 spiro atoms. The minimum atomic E-state index is -0.158. The van der Waals surface area contributed by atoms with Crippen LogP contribution >= 0.6 is 0 Å². The third-order valence-corrected chi connectivity index (χ3v) is 3.30. The normalized spacial score (nSPS) is 28.1. The monoisotopic (exact) mass is 212 g/mol. The van der Waals surface area contributed by atoms with Crippen LogP contribution in [0.15, 0.2) is 0 Å². The van der Waals surface area contributed by atoms with Gasteiger partial charge in [-0.1, -0.05) is 6.42 Å². The third-order valence-electron chi connectivity index (χ3n) is 3.30. The minimum Gasteiger partial charge on any atom is -0.446 e. The second-order valence-electron chi connectivity index (χ2n) is 4.64. The standard InChI is InChI=1S/C11H20N2O2/c12-9-6-7-13(8-9)11(14)15-10-4-2-1-3-5-10/h9-10H,1-8,12H2/t9-/m1/s1. The second kappa shape index (κ2) is 4.84. The van der Waals surface area contributed by atoms with Crippen molar-refractivity contribution in [1.29, 1.82) is 0 Å². The molecule has 1 aliphatic heterocycles. The number of carbonyl (C=O) groups excluding carboxylic acids is 1. The van der Waals surface area contributed by atoms with Crippen molar-refractivity contribution < 1.29 is 9.53 Å². The van der Waals surface area contributed by atoms with Gasteiger partial charge >= 0.3 is 6.09 Å². The zero-order valence-corrected chi connectivity index (χ0v) is 9.15. The summed E-state index contributed by atoms with van der Waals surface area (Å²) in [6, 6.07) is 0.143. The van der Waals surface area contributed by atoms with Crippen LogP contribution in [0.4, 0.5) is 4.79 Å². The molecule has 0 radical (unpaired) electrons. The summed E-state index contributed by atoms with van der Waals surface area (Å²) in [5, 5.41) is 0. The minimum absolute atomic E-state index is 0.143. The van der Waals surface area contributed by atoms with E-state index in [0.717, 1.165) is 25.8 Å². The highest BCUT2D eigenvalue weighted by atomic mass is 16.6. The Labute approximate surface area is 90.8 Å². The smallest absolute Gasteiger partial charge is 0.410 e. The van der Waals surface area contributed by atoms with Crippen molar-refractivity contribution in [2.24, 2.45) is 5.73 Å². The van der Waals surface area contributed by atoms with E-state index in [1.54, 1.807) is 4.90 Å². The van der Waals surface area contributed by atoms with Gasteiger partial charge in [0.1, 0.15) is 6.10 Å². The Morgan fingerprint density at radius 1 is 1.20 bits per heavy atom. The maximum absolute atomic E-state index is 11.7. The SMILES string of the molecule is N[C@@H]1CCN(C(=O)OC2CCCCC2)C1. The number of amides is 1. The van der Waals surface area contributed by atoms with Gasteiger partial charge in [-0.3, -0.25) is 0 Å². The summed E-state index contributed by atoms with van der Waals surface area (Å²) in [5.74, 6) is 0. The first-order valence-electron chi connectivity index (χ1n) is 5.97. The van der Waals surface area contributed by atoms with E-state index < -0.39 is 0 Å². The Morgan fingerprint density at radius 2 is 1.93 bits per heavy atom. The molecule has 1 amide bonds. The quantitative estimate of drug-likeness (QED) is 0.716. The van der Waals surface area contributed by atoms with E-state index in [-0.39, 0.29) is 18.2 Å². The van der Waals surface area contributed by atoms with Crippen LogP contribution in [0.3, 0.4) is 0 Å². The number of rotatable bonds is 1. The third kappa shape index (κ3) is 2.84. The molecule has 2 fully saturated rings. The Morgan fingerprint density at radius 3 is 2.53 bits per heavy atom. The van der Waals surface area contributed by atoms with Gasteiger partial charge in [-0.05, 0) is 32.1 Å². The van der Waals surface area contributed by atoms with Crippen molar-refractivity contribution in [3.05, 3.63) is 0 Å². The number of nitrogens with zero attached hydrogens (tertiary/aromatic N) is 1. The summed E-state index contributed by atoms with van der Waals surface area (Å²) >= 11 is 0. The van der Waals surface area contributed by atoms with E-state index in [0.29, 0.717) is 6.54 Å². The Kier molecular flexibility index (Phi) is 3.46. The molecule has 0 aromatic carbocycles. The average Bonchev–Trinajstić information content (AvgIpc) is 2.66. The topological polar surface area (TPSA) is 55.6 Å². The summed E-state index contributed by atoms with van der Waals surface area (Å²) in [5.41, 5.74) is 5.75. The first kappa shape index (κ1) is 10.7. The van der Waals surface area contributed by atoms with Crippen LogP contribution in [0, 0.1) is 0 Å². The van der Waals surface area contributed by atoms with Gasteiger partial charge in [0.2, 0.25) is 0 Å².